The third kappa shape index (κ3) is 21.0. The molecule has 0 bridgehead atoms. The summed E-state index contributed by atoms with van der Waals surface area (Å²) in [6.45, 7) is 11.4. The van der Waals surface area contributed by atoms with Gasteiger partial charge in [0, 0.05) is 6.42 Å². The Kier molecular flexibility index (Phi) is 14.0. The van der Waals surface area contributed by atoms with Crippen LogP contribution in [0.5, 0.6) is 0 Å². The Morgan fingerprint density at radius 2 is 1.04 bits per heavy atom. The average Bonchev–Trinajstić information content (AvgIpc) is 2.51. The fourth-order valence-electron chi connectivity index (χ4n) is 2.84. The van der Waals surface area contributed by atoms with E-state index in [0.29, 0.717) is 12.8 Å². The van der Waals surface area contributed by atoms with Crippen LogP contribution in [-0.2, 0) is 19.1 Å². The Morgan fingerprint density at radius 1 is 0.607 bits per heavy atom. The van der Waals surface area contributed by atoms with Crippen LogP contribution in [0.4, 0.5) is 0 Å². The van der Waals surface area contributed by atoms with Crippen molar-refractivity contribution >= 4 is 11.9 Å². The van der Waals surface area contributed by atoms with Crippen molar-refractivity contribution in [3.63, 3.8) is 0 Å². The van der Waals surface area contributed by atoms with Crippen LogP contribution in [0.2, 0.25) is 0 Å². The predicted molar refractivity (Wildman–Crippen MR) is 116 cm³/mol. The summed E-state index contributed by atoms with van der Waals surface area (Å²) in [5.74, 6) is -0.234. The summed E-state index contributed by atoms with van der Waals surface area (Å²) in [7, 11) is 0. The number of ether oxygens (including phenoxy) is 2. The van der Waals surface area contributed by atoms with E-state index in [2.05, 4.69) is 6.08 Å². The Morgan fingerprint density at radius 3 is 1.54 bits per heavy atom. The molecule has 0 saturated carbocycles. The van der Waals surface area contributed by atoms with E-state index in [-0.39, 0.29) is 17.5 Å². The third-order valence-corrected chi connectivity index (χ3v) is 4.04. The molecule has 0 aromatic rings. The molecule has 0 saturated heterocycles. The summed E-state index contributed by atoms with van der Waals surface area (Å²) in [5, 5.41) is 0. The van der Waals surface area contributed by atoms with Crippen molar-refractivity contribution in [1.82, 2.24) is 0 Å². The number of carbonyl (C=O) groups is 2. The van der Waals surface area contributed by atoms with Gasteiger partial charge in [0.15, 0.2) is 0 Å². The molecule has 0 spiro atoms. The molecule has 0 aliphatic heterocycles. The van der Waals surface area contributed by atoms with Gasteiger partial charge in [0.25, 0.3) is 0 Å². The van der Waals surface area contributed by atoms with Crippen LogP contribution in [0.3, 0.4) is 0 Å². The minimum absolute atomic E-state index is 0.0763. The lowest BCUT2D eigenvalue weighted by Gasteiger charge is -2.19. The van der Waals surface area contributed by atoms with Gasteiger partial charge < -0.3 is 9.47 Å². The van der Waals surface area contributed by atoms with Crippen molar-refractivity contribution in [3.05, 3.63) is 12.2 Å². The number of esters is 2. The van der Waals surface area contributed by atoms with Crippen molar-refractivity contribution < 1.29 is 19.1 Å². The molecule has 0 rings (SSSR count). The van der Waals surface area contributed by atoms with Crippen molar-refractivity contribution in [2.75, 3.05) is 0 Å². The molecular formula is C24H44O4. The maximum absolute atomic E-state index is 11.6. The van der Waals surface area contributed by atoms with E-state index in [1.807, 2.05) is 47.6 Å². The van der Waals surface area contributed by atoms with Gasteiger partial charge in [-0.3, -0.25) is 9.59 Å². The Labute approximate surface area is 173 Å². The molecule has 4 nitrogen and oxygen atoms in total. The number of hydrogen-bond donors (Lipinski definition) is 0. The van der Waals surface area contributed by atoms with E-state index in [1.54, 1.807) is 0 Å². The van der Waals surface area contributed by atoms with Crippen molar-refractivity contribution in [2.24, 2.45) is 0 Å². The number of hydrogen-bond acceptors (Lipinski definition) is 4. The number of unbranched alkanes of at least 4 members (excludes halogenated alkanes) is 9. The second-order valence-electron chi connectivity index (χ2n) is 9.57. The molecule has 0 radical (unpaired) electrons. The SMILES string of the molecule is CC(C)(C)OC(=O)C/C=C/CCCCCCCCCCCC(=O)OC(C)(C)C. The highest BCUT2D eigenvalue weighted by Gasteiger charge is 2.15. The van der Waals surface area contributed by atoms with Gasteiger partial charge in [0.1, 0.15) is 11.2 Å². The topological polar surface area (TPSA) is 52.6 Å². The molecule has 0 unspecified atom stereocenters. The lowest BCUT2D eigenvalue weighted by Crippen LogP contribution is -2.23. The first-order chi connectivity index (χ1) is 13.0. The van der Waals surface area contributed by atoms with Crippen molar-refractivity contribution in [1.29, 1.82) is 0 Å². The highest BCUT2D eigenvalue weighted by atomic mass is 16.6. The van der Waals surface area contributed by atoms with Crippen molar-refractivity contribution in [3.8, 4) is 0 Å². The number of carbonyl (C=O) groups excluding carboxylic acids is 2. The Bertz CT molecular complexity index is 452. The van der Waals surface area contributed by atoms with Gasteiger partial charge in [-0.15, -0.1) is 0 Å². The maximum Gasteiger partial charge on any atom is 0.310 e. The molecule has 0 N–H and O–H groups in total. The molecule has 0 fully saturated rings. The quantitative estimate of drug-likeness (QED) is 0.182. The van der Waals surface area contributed by atoms with E-state index in [9.17, 15) is 9.59 Å². The molecular weight excluding hydrogens is 352 g/mol. The van der Waals surface area contributed by atoms with Gasteiger partial charge in [-0.25, -0.2) is 0 Å². The Balaban J connectivity index is 3.37. The first kappa shape index (κ1) is 26.7. The lowest BCUT2D eigenvalue weighted by atomic mass is 10.1. The molecule has 0 aliphatic rings. The third-order valence-electron chi connectivity index (χ3n) is 4.04. The first-order valence-corrected chi connectivity index (χ1v) is 11.1. The molecule has 0 atom stereocenters. The van der Waals surface area contributed by atoms with E-state index >= 15 is 0 Å². The van der Waals surface area contributed by atoms with Gasteiger partial charge in [-0.05, 0) is 60.8 Å². The van der Waals surface area contributed by atoms with Gasteiger partial charge in [0.2, 0.25) is 0 Å². The predicted octanol–water partition coefficient (Wildman–Crippen LogP) is 6.91. The maximum atomic E-state index is 11.6. The molecule has 28 heavy (non-hydrogen) atoms. The normalized spacial score (nSPS) is 12.4. The smallest absolute Gasteiger partial charge is 0.310 e. The van der Waals surface area contributed by atoms with E-state index < -0.39 is 5.60 Å². The summed E-state index contributed by atoms with van der Waals surface area (Å²) < 4.78 is 10.6. The van der Waals surface area contributed by atoms with Crippen LogP contribution in [0, 0.1) is 0 Å². The van der Waals surface area contributed by atoms with Gasteiger partial charge in [-0.2, -0.15) is 0 Å². The second-order valence-corrected chi connectivity index (χ2v) is 9.57. The second kappa shape index (κ2) is 14.6. The van der Waals surface area contributed by atoms with Crippen LogP contribution in [0.25, 0.3) is 0 Å². The first-order valence-electron chi connectivity index (χ1n) is 11.1. The summed E-state index contributed by atoms with van der Waals surface area (Å²) in [6, 6.07) is 0. The van der Waals surface area contributed by atoms with Crippen molar-refractivity contribution in [2.45, 2.75) is 130 Å². The Hall–Kier alpha value is -1.32. The monoisotopic (exact) mass is 396 g/mol. The minimum Gasteiger partial charge on any atom is -0.460 e. The molecule has 0 aromatic carbocycles. The van der Waals surface area contributed by atoms with E-state index in [1.165, 1.54) is 44.9 Å². The summed E-state index contributed by atoms with van der Waals surface area (Å²) >= 11 is 0. The largest absolute Gasteiger partial charge is 0.460 e. The highest BCUT2D eigenvalue weighted by Crippen LogP contribution is 2.14. The van der Waals surface area contributed by atoms with Crippen LogP contribution in [-0.4, -0.2) is 23.1 Å². The summed E-state index contributed by atoms with van der Waals surface area (Å²) in [5.41, 5.74) is -0.770. The van der Waals surface area contributed by atoms with Crippen LogP contribution in [0.1, 0.15) is 119 Å². The highest BCUT2D eigenvalue weighted by molar-refractivity contribution is 5.71. The van der Waals surface area contributed by atoms with Crippen LogP contribution < -0.4 is 0 Å². The molecule has 4 heteroatoms. The number of rotatable bonds is 14. The molecule has 0 aliphatic carbocycles. The zero-order valence-corrected chi connectivity index (χ0v) is 19.3. The van der Waals surface area contributed by atoms with E-state index in [0.717, 1.165) is 19.3 Å². The molecule has 164 valence electrons. The van der Waals surface area contributed by atoms with E-state index in [4.69, 9.17) is 9.47 Å². The van der Waals surface area contributed by atoms with Crippen LogP contribution in [0.15, 0.2) is 12.2 Å². The van der Waals surface area contributed by atoms with Gasteiger partial charge in [-0.1, -0.05) is 57.1 Å². The summed E-state index contributed by atoms with van der Waals surface area (Å²) in [4.78, 5) is 23.2. The van der Waals surface area contributed by atoms with Gasteiger partial charge >= 0.3 is 11.9 Å². The lowest BCUT2D eigenvalue weighted by molar-refractivity contribution is -0.155. The fraction of sp³-hybridized carbons (Fsp3) is 0.833. The fourth-order valence-corrected chi connectivity index (χ4v) is 2.84. The zero-order valence-electron chi connectivity index (χ0n) is 19.3. The zero-order chi connectivity index (χ0) is 21.5. The van der Waals surface area contributed by atoms with Gasteiger partial charge in [0.05, 0.1) is 6.42 Å². The van der Waals surface area contributed by atoms with Crippen LogP contribution >= 0.6 is 0 Å². The standard InChI is InChI=1S/C24H44O4/c1-23(2,3)27-21(25)19-17-15-13-11-9-7-8-10-12-14-16-18-20-22(26)28-24(4,5)6/h15,17H,7-14,16,18-20H2,1-6H3/b17-15+. The number of allylic oxidation sites excluding steroid dienone is 1. The average molecular weight is 397 g/mol. The minimum atomic E-state index is -0.400. The molecule has 0 heterocycles. The molecule has 0 aromatic heterocycles. The summed E-state index contributed by atoms with van der Waals surface area (Å²) in [6.07, 6.45) is 16.7. The molecule has 0 amide bonds.